The molecule has 1 N–H and O–H groups in total. The Hall–Kier alpha value is -2.01. The molecule has 2 rings (SSSR count). The van der Waals surface area contributed by atoms with Gasteiger partial charge < -0.3 is 14.6 Å². The average Bonchev–Trinajstić information content (AvgIpc) is 2.91. The van der Waals surface area contributed by atoms with Crippen molar-refractivity contribution in [3.05, 3.63) is 42.2 Å². The van der Waals surface area contributed by atoms with Gasteiger partial charge in [0.15, 0.2) is 0 Å². The number of aliphatic hydroxyl groups excluding tert-OH is 1. The fourth-order valence-corrected chi connectivity index (χ4v) is 1.79. The number of aromatic nitrogens is 2. The Balaban J connectivity index is 2.04. The Kier molecular flexibility index (Phi) is 4.41. The van der Waals surface area contributed by atoms with Gasteiger partial charge in [-0.3, -0.25) is 4.68 Å². The Morgan fingerprint density at radius 3 is 2.89 bits per heavy atom. The first kappa shape index (κ1) is 13.4. The van der Waals surface area contributed by atoms with Crippen molar-refractivity contribution >= 4 is 0 Å². The standard InChI is InChI=1S/C14H18N2O3/c1-11(17)13-5-4-12(18-2)10-14(13)19-9-8-16-7-3-6-15-16/h3-7,10-11,17H,8-9H2,1-2H3/t11-/m1/s1. The fraction of sp³-hybridized carbons (Fsp3) is 0.357. The molecule has 1 heterocycles. The van der Waals surface area contributed by atoms with E-state index in [4.69, 9.17) is 9.47 Å². The van der Waals surface area contributed by atoms with Crippen molar-refractivity contribution in [3.8, 4) is 11.5 Å². The minimum absolute atomic E-state index is 0.481. The van der Waals surface area contributed by atoms with E-state index in [1.807, 2.05) is 24.4 Å². The summed E-state index contributed by atoms with van der Waals surface area (Å²) in [7, 11) is 1.60. The molecule has 0 aliphatic carbocycles. The maximum Gasteiger partial charge on any atom is 0.128 e. The molecule has 1 atom stereocenters. The van der Waals surface area contributed by atoms with E-state index in [2.05, 4.69) is 5.10 Å². The van der Waals surface area contributed by atoms with Crippen LogP contribution in [0.5, 0.6) is 11.5 Å². The van der Waals surface area contributed by atoms with Gasteiger partial charge in [-0.15, -0.1) is 0 Å². The number of rotatable bonds is 6. The molecule has 0 unspecified atom stereocenters. The van der Waals surface area contributed by atoms with E-state index in [0.717, 1.165) is 5.56 Å². The van der Waals surface area contributed by atoms with Crippen molar-refractivity contribution in [1.29, 1.82) is 0 Å². The van der Waals surface area contributed by atoms with E-state index < -0.39 is 6.10 Å². The second-order valence-electron chi connectivity index (χ2n) is 4.20. The smallest absolute Gasteiger partial charge is 0.128 e. The molecule has 0 fully saturated rings. The van der Waals surface area contributed by atoms with Gasteiger partial charge in [-0.1, -0.05) is 0 Å². The van der Waals surface area contributed by atoms with Crippen molar-refractivity contribution in [2.75, 3.05) is 13.7 Å². The van der Waals surface area contributed by atoms with E-state index in [1.165, 1.54) is 0 Å². The first-order chi connectivity index (χ1) is 9.20. The van der Waals surface area contributed by atoms with Crippen LogP contribution in [0.3, 0.4) is 0 Å². The number of hydrogen-bond donors (Lipinski definition) is 1. The minimum Gasteiger partial charge on any atom is -0.497 e. The summed E-state index contributed by atoms with van der Waals surface area (Å²) >= 11 is 0. The number of nitrogens with zero attached hydrogens (tertiary/aromatic N) is 2. The molecular formula is C14H18N2O3. The summed E-state index contributed by atoms with van der Waals surface area (Å²) in [6.07, 6.45) is 3.03. The quantitative estimate of drug-likeness (QED) is 0.865. The zero-order valence-corrected chi connectivity index (χ0v) is 11.1. The van der Waals surface area contributed by atoms with Crippen LogP contribution in [0.25, 0.3) is 0 Å². The molecule has 0 aliphatic heterocycles. The Labute approximate surface area is 112 Å². The number of ether oxygens (including phenoxy) is 2. The summed E-state index contributed by atoms with van der Waals surface area (Å²) in [6.45, 7) is 2.85. The zero-order valence-electron chi connectivity index (χ0n) is 11.1. The summed E-state index contributed by atoms with van der Waals surface area (Å²) in [5.41, 5.74) is 0.751. The van der Waals surface area contributed by atoms with E-state index in [1.54, 1.807) is 31.0 Å². The fourth-order valence-electron chi connectivity index (χ4n) is 1.79. The van der Waals surface area contributed by atoms with Crippen LogP contribution >= 0.6 is 0 Å². The predicted octanol–water partition coefficient (Wildman–Crippen LogP) is 2.02. The molecule has 102 valence electrons. The van der Waals surface area contributed by atoms with Crippen molar-refractivity contribution in [2.24, 2.45) is 0 Å². The first-order valence-electron chi connectivity index (χ1n) is 6.17. The van der Waals surface area contributed by atoms with Gasteiger partial charge in [0.25, 0.3) is 0 Å². The molecule has 5 nitrogen and oxygen atoms in total. The molecule has 5 heteroatoms. The lowest BCUT2D eigenvalue weighted by Gasteiger charge is -2.14. The van der Waals surface area contributed by atoms with Crippen molar-refractivity contribution in [2.45, 2.75) is 19.6 Å². The third-order valence-corrected chi connectivity index (χ3v) is 2.81. The SMILES string of the molecule is COc1ccc([C@@H](C)O)c(OCCn2cccn2)c1. The van der Waals surface area contributed by atoms with Crippen LogP contribution in [0.4, 0.5) is 0 Å². The Morgan fingerprint density at radius 1 is 1.42 bits per heavy atom. The third-order valence-electron chi connectivity index (χ3n) is 2.81. The molecule has 0 saturated heterocycles. The highest BCUT2D eigenvalue weighted by Crippen LogP contribution is 2.29. The summed E-state index contributed by atoms with van der Waals surface area (Å²) in [4.78, 5) is 0. The topological polar surface area (TPSA) is 56.5 Å². The largest absolute Gasteiger partial charge is 0.497 e. The number of methoxy groups -OCH3 is 1. The third kappa shape index (κ3) is 3.48. The molecule has 0 bridgehead atoms. The highest BCUT2D eigenvalue weighted by molar-refractivity contribution is 5.41. The predicted molar refractivity (Wildman–Crippen MR) is 71.3 cm³/mol. The van der Waals surface area contributed by atoms with Gasteiger partial charge in [-0.25, -0.2) is 0 Å². The number of benzene rings is 1. The van der Waals surface area contributed by atoms with Gasteiger partial charge in [0.2, 0.25) is 0 Å². The Morgan fingerprint density at radius 2 is 2.26 bits per heavy atom. The van der Waals surface area contributed by atoms with Gasteiger partial charge in [-0.05, 0) is 25.1 Å². The van der Waals surface area contributed by atoms with Crippen LogP contribution in [-0.2, 0) is 6.54 Å². The molecule has 1 aromatic heterocycles. The molecule has 1 aromatic carbocycles. The molecule has 0 radical (unpaired) electrons. The lowest BCUT2D eigenvalue weighted by Crippen LogP contribution is -2.10. The molecule has 19 heavy (non-hydrogen) atoms. The molecule has 0 amide bonds. The van der Waals surface area contributed by atoms with Crippen LogP contribution in [0.15, 0.2) is 36.7 Å². The molecule has 2 aromatic rings. The van der Waals surface area contributed by atoms with Gasteiger partial charge in [0.1, 0.15) is 18.1 Å². The second kappa shape index (κ2) is 6.24. The van der Waals surface area contributed by atoms with Crippen LogP contribution < -0.4 is 9.47 Å². The normalized spacial score (nSPS) is 12.2. The number of hydrogen-bond acceptors (Lipinski definition) is 4. The molecule has 0 saturated carbocycles. The average molecular weight is 262 g/mol. The monoisotopic (exact) mass is 262 g/mol. The van der Waals surface area contributed by atoms with Gasteiger partial charge in [-0.2, -0.15) is 5.10 Å². The van der Waals surface area contributed by atoms with E-state index in [0.29, 0.717) is 24.7 Å². The molecule has 0 spiro atoms. The highest BCUT2D eigenvalue weighted by atomic mass is 16.5. The Bertz CT molecular complexity index is 509. The van der Waals surface area contributed by atoms with Gasteiger partial charge >= 0.3 is 0 Å². The van der Waals surface area contributed by atoms with Crippen LogP contribution in [0.1, 0.15) is 18.6 Å². The molecular weight excluding hydrogens is 244 g/mol. The van der Waals surface area contributed by atoms with Crippen molar-refractivity contribution < 1.29 is 14.6 Å². The highest BCUT2D eigenvalue weighted by Gasteiger charge is 2.10. The van der Waals surface area contributed by atoms with Gasteiger partial charge in [0, 0.05) is 24.0 Å². The lowest BCUT2D eigenvalue weighted by molar-refractivity contribution is 0.189. The second-order valence-corrected chi connectivity index (χ2v) is 4.20. The summed E-state index contributed by atoms with van der Waals surface area (Å²) in [5, 5.41) is 13.8. The summed E-state index contributed by atoms with van der Waals surface area (Å²) in [6, 6.07) is 7.27. The lowest BCUT2D eigenvalue weighted by atomic mass is 10.1. The van der Waals surface area contributed by atoms with E-state index in [-0.39, 0.29) is 0 Å². The van der Waals surface area contributed by atoms with Crippen molar-refractivity contribution in [1.82, 2.24) is 9.78 Å². The maximum atomic E-state index is 9.71. The maximum absolute atomic E-state index is 9.71. The zero-order chi connectivity index (χ0) is 13.7. The molecule has 0 aliphatic rings. The van der Waals surface area contributed by atoms with E-state index >= 15 is 0 Å². The minimum atomic E-state index is -0.578. The van der Waals surface area contributed by atoms with Crippen LogP contribution in [0.2, 0.25) is 0 Å². The number of aliphatic hydroxyl groups is 1. The summed E-state index contributed by atoms with van der Waals surface area (Å²) < 4.78 is 12.7. The van der Waals surface area contributed by atoms with Gasteiger partial charge in [0.05, 0.1) is 19.8 Å². The van der Waals surface area contributed by atoms with Crippen LogP contribution in [0, 0.1) is 0 Å². The van der Waals surface area contributed by atoms with Crippen LogP contribution in [-0.4, -0.2) is 28.6 Å². The first-order valence-corrected chi connectivity index (χ1v) is 6.17. The summed E-state index contributed by atoms with van der Waals surface area (Å²) in [5.74, 6) is 1.35. The van der Waals surface area contributed by atoms with E-state index in [9.17, 15) is 5.11 Å². The van der Waals surface area contributed by atoms with Crippen molar-refractivity contribution in [3.63, 3.8) is 0 Å².